The highest BCUT2D eigenvalue weighted by molar-refractivity contribution is 5.90. The van der Waals surface area contributed by atoms with Gasteiger partial charge in [0.25, 0.3) is 0 Å². The van der Waals surface area contributed by atoms with Crippen molar-refractivity contribution < 1.29 is 14.6 Å². The molecule has 0 aliphatic rings. The average Bonchev–Trinajstić information content (AvgIpc) is 2.28. The minimum absolute atomic E-state index is 0.337. The second kappa shape index (κ2) is 7.17. The molecule has 0 saturated heterocycles. The summed E-state index contributed by atoms with van der Waals surface area (Å²) in [6.45, 7) is 8.66. The van der Waals surface area contributed by atoms with Crippen molar-refractivity contribution in [3.8, 4) is 0 Å². The van der Waals surface area contributed by atoms with E-state index in [9.17, 15) is 4.79 Å². The third-order valence-electron chi connectivity index (χ3n) is 2.40. The Balaban J connectivity index is 2.66. The number of carbonyl (C=O) groups is 1. The topological polar surface area (TPSA) is 35.5 Å². The van der Waals surface area contributed by atoms with Crippen molar-refractivity contribution in [2.45, 2.75) is 34.1 Å². The second-order valence-electron chi connectivity index (χ2n) is 5.30. The molecule has 0 fully saturated rings. The molecule has 0 unspecified atom stereocenters. The van der Waals surface area contributed by atoms with Crippen molar-refractivity contribution in [3.05, 3.63) is 35.4 Å². The van der Waals surface area contributed by atoms with Gasteiger partial charge in [0.1, 0.15) is 0 Å². The Bertz CT molecular complexity index is 383. The van der Waals surface area contributed by atoms with Crippen LogP contribution >= 0.6 is 0 Å². The first-order valence-corrected chi connectivity index (χ1v) is 6.42. The lowest BCUT2D eigenvalue weighted by Gasteiger charge is -2.11. The van der Waals surface area contributed by atoms with Crippen LogP contribution in [0.15, 0.2) is 24.3 Å². The number of carbonyl (C=O) groups excluding carboxylic acids is 1. The molecule has 0 aliphatic heterocycles. The zero-order valence-electron chi connectivity index (χ0n) is 11.6. The Kier molecular flexibility index (Phi) is 5.86. The maximum atomic E-state index is 11.9. The SMILES string of the molecule is CC(C)COOC(=O)c1ccccc1CC(C)C. The van der Waals surface area contributed by atoms with Crippen LogP contribution < -0.4 is 0 Å². The van der Waals surface area contributed by atoms with Crippen molar-refractivity contribution in [1.29, 1.82) is 0 Å². The Hall–Kier alpha value is -1.35. The number of rotatable bonds is 6. The Morgan fingerprint density at radius 1 is 1.11 bits per heavy atom. The molecule has 0 atom stereocenters. The first-order chi connectivity index (χ1) is 8.50. The molecule has 3 nitrogen and oxygen atoms in total. The van der Waals surface area contributed by atoms with E-state index in [1.807, 2.05) is 32.0 Å². The number of hydrogen-bond acceptors (Lipinski definition) is 3. The molecule has 1 rings (SSSR count). The molecule has 18 heavy (non-hydrogen) atoms. The van der Waals surface area contributed by atoms with E-state index in [0.717, 1.165) is 12.0 Å². The minimum atomic E-state index is -0.410. The maximum absolute atomic E-state index is 11.9. The molecule has 0 aliphatic carbocycles. The number of benzene rings is 1. The fraction of sp³-hybridized carbons (Fsp3) is 0.533. The zero-order chi connectivity index (χ0) is 13.5. The fourth-order valence-electron chi connectivity index (χ4n) is 1.61. The highest BCUT2D eigenvalue weighted by Crippen LogP contribution is 2.15. The molecule has 0 amide bonds. The summed E-state index contributed by atoms with van der Waals surface area (Å²) in [7, 11) is 0. The van der Waals surface area contributed by atoms with Crippen LogP contribution in [0.4, 0.5) is 0 Å². The van der Waals surface area contributed by atoms with Gasteiger partial charge in [0.15, 0.2) is 0 Å². The standard InChI is InChI=1S/C15H22O3/c1-11(2)9-13-7-5-6-8-14(13)15(16)18-17-10-12(3)4/h5-8,11-12H,9-10H2,1-4H3. The smallest absolute Gasteiger partial charge is 0.293 e. The summed E-state index contributed by atoms with van der Waals surface area (Å²) < 4.78 is 0. The lowest BCUT2D eigenvalue weighted by atomic mass is 9.98. The van der Waals surface area contributed by atoms with E-state index in [1.54, 1.807) is 6.07 Å². The van der Waals surface area contributed by atoms with Gasteiger partial charge < -0.3 is 0 Å². The third kappa shape index (κ3) is 4.88. The lowest BCUT2D eigenvalue weighted by Crippen LogP contribution is -2.12. The fourth-order valence-corrected chi connectivity index (χ4v) is 1.61. The first-order valence-electron chi connectivity index (χ1n) is 6.42. The van der Waals surface area contributed by atoms with Gasteiger partial charge in [-0.25, -0.2) is 4.79 Å². The Morgan fingerprint density at radius 3 is 2.39 bits per heavy atom. The van der Waals surface area contributed by atoms with Crippen LogP contribution in [0.5, 0.6) is 0 Å². The molecule has 1 aromatic carbocycles. The monoisotopic (exact) mass is 250 g/mol. The molecule has 0 radical (unpaired) electrons. The van der Waals surface area contributed by atoms with Crippen molar-refractivity contribution >= 4 is 5.97 Å². The molecule has 0 N–H and O–H groups in total. The third-order valence-corrected chi connectivity index (χ3v) is 2.40. The van der Waals surface area contributed by atoms with Gasteiger partial charge in [-0.05, 0) is 29.9 Å². The predicted molar refractivity (Wildman–Crippen MR) is 71.2 cm³/mol. The lowest BCUT2D eigenvalue weighted by molar-refractivity contribution is -0.247. The van der Waals surface area contributed by atoms with Gasteiger partial charge in [-0.15, -0.1) is 0 Å². The summed E-state index contributed by atoms with van der Waals surface area (Å²) in [6, 6.07) is 7.50. The van der Waals surface area contributed by atoms with Crippen LogP contribution in [0, 0.1) is 11.8 Å². The molecule has 3 heteroatoms. The zero-order valence-corrected chi connectivity index (χ0v) is 11.6. The van der Waals surface area contributed by atoms with E-state index in [-0.39, 0.29) is 0 Å². The highest BCUT2D eigenvalue weighted by atomic mass is 17.2. The molecular weight excluding hydrogens is 228 g/mol. The molecule has 0 saturated carbocycles. The van der Waals surface area contributed by atoms with E-state index in [4.69, 9.17) is 9.78 Å². The molecular formula is C15H22O3. The van der Waals surface area contributed by atoms with Gasteiger partial charge in [0.05, 0.1) is 12.2 Å². The largest absolute Gasteiger partial charge is 0.373 e. The summed E-state index contributed by atoms with van der Waals surface area (Å²) in [5.74, 6) is 0.422. The second-order valence-corrected chi connectivity index (χ2v) is 5.30. The summed E-state index contributed by atoms with van der Waals surface area (Å²) in [5, 5.41) is 0. The highest BCUT2D eigenvalue weighted by Gasteiger charge is 2.14. The normalized spacial score (nSPS) is 11.0. The van der Waals surface area contributed by atoms with Crippen LogP contribution in [0.1, 0.15) is 43.6 Å². The van der Waals surface area contributed by atoms with Crippen molar-refractivity contribution in [2.75, 3.05) is 6.61 Å². The first kappa shape index (κ1) is 14.7. The maximum Gasteiger partial charge on any atom is 0.373 e. The predicted octanol–water partition coefficient (Wildman–Crippen LogP) is 3.63. The Labute approximate surface area is 109 Å². The van der Waals surface area contributed by atoms with Gasteiger partial charge in [-0.1, -0.05) is 45.9 Å². The summed E-state index contributed by atoms with van der Waals surface area (Å²) >= 11 is 0. The summed E-state index contributed by atoms with van der Waals surface area (Å²) in [6.07, 6.45) is 0.857. The molecule has 100 valence electrons. The van der Waals surface area contributed by atoms with E-state index in [2.05, 4.69) is 13.8 Å². The molecule has 0 heterocycles. The van der Waals surface area contributed by atoms with Crippen LogP contribution in [0.25, 0.3) is 0 Å². The van der Waals surface area contributed by atoms with Gasteiger partial charge >= 0.3 is 5.97 Å². The van der Waals surface area contributed by atoms with E-state index in [0.29, 0.717) is 24.0 Å². The average molecular weight is 250 g/mol. The quantitative estimate of drug-likeness (QED) is 0.571. The van der Waals surface area contributed by atoms with Gasteiger partial charge in [0, 0.05) is 0 Å². The van der Waals surface area contributed by atoms with E-state index in [1.165, 1.54) is 0 Å². The van der Waals surface area contributed by atoms with Crippen LogP contribution in [-0.2, 0) is 16.2 Å². The molecule has 0 spiro atoms. The summed E-state index contributed by atoms with van der Waals surface area (Å²) in [4.78, 5) is 21.6. The van der Waals surface area contributed by atoms with Gasteiger partial charge in [-0.2, -0.15) is 4.89 Å². The van der Waals surface area contributed by atoms with Crippen LogP contribution in [0.2, 0.25) is 0 Å². The van der Waals surface area contributed by atoms with E-state index < -0.39 is 5.97 Å². The summed E-state index contributed by atoms with van der Waals surface area (Å²) in [5.41, 5.74) is 1.60. The van der Waals surface area contributed by atoms with Gasteiger partial charge in [0.2, 0.25) is 0 Å². The van der Waals surface area contributed by atoms with E-state index >= 15 is 0 Å². The van der Waals surface area contributed by atoms with Crippen LogP contribution in [-0.4, -0.2) is 12.6 Å². The van der Waals surface area contributed by atoms with Crippen molar-refractivity contribution in [2.24, 2.45) is 11.8 Å². The Morgan fingerprint density at radius 2 is 1.78 bits per heavy atom. The van der Waals surface area contributed by atoms with Crippen molar-refractivity contribution in [3.63, 3.8) is 0 Å². The van der Waals surface area contributed by atoms with Crippen molar-refractivity contribution in [1.82, 2.24) is 0 Å². The molecule has 0 aromatic heterocycles. The molecule has 0 bridgehead atoms. The van der Waals surface area contributed by atoms with Crippen LogP contribution in [0.3, 0.4) is 0 Å². The van der Waals surface area contributed by atoms with Gasteiger partial charge in [-0.3, -0.25) is 4.89 Å². The number of hydrogen-bond donors (Lipinski definition) is 0. The minimum Gasteiger partial charge on any atom is -0.293 e. The molecule has 1 aromatic rings.